The summed E-state index contributed by atoms with van der Waals surface area (Å²) in [5.41, 5.74) is 12.1. The molecule has 0 spiro atoms. The molecule has 3 aromatic heterocycles. The molecule has 1 aliphatic rings. The number of benzene rings is 10. The average Bonchev–Trinajstić information content (AvgIpc) is 3.97. The molecule has 1 aliphatic carbocycles. The zero-order chi connectivity index (χ0) is 43.3. The van der Waals surface area contributed by atoms with Gasteiger partial charge in [0.15, 0.2) is 11.6 Å². The Bertz CT molecular complexity index is 4180. The first kappa shape index (κ1) is 36.8. The van der Waals surface area contributed by atoms with Crippen LogP contribution in [0.2, 0.25) is 0 Å². The van der Waals surface area contributed by atoms with Crippen LogP contribution in [-0.4, -0.2) is 15.0 Å². The van der Waals surface area contributed by atoms with Crippen LogP contribution in [0, 0.1) is 0 Å². The van der Waals surface area contributed by atoms with Crippen molar-refractivity contribution in [2.45, 2.75) is 12.3 Å². The second kappa shape index (κ2) is 14.4. The lowest BCUT2D eigenvalue weighted by atomic mass is 9.89. The quantitative estimate of drug-likeness (QED) is 0.162. The van der Waals surface area contributed by atoms with Crippen molar-refractivity contribution in [2.75, 3.05) is 0 Å². The van der Waals surface area contributed by atoms with Gasteiger partial charge in [-0.05, 0) is 103 Å². The minimum absolute atomic E-state index is 0.0146. The number of aromatic nitrogens is 3. The summed E-state index contributed by atoms with van der Waals surface area (Å²) in [5, 5.41) is 11.2. The normalized spacial score (nSPS) is 13.8. The SMILES string of the molecule is C1=CC(c2nc(-c3ccc4ccc5ccccc5c4c3)nc(-c3ccc(-c4ccc(-c5cccc6oc7ccccc7c56)c5oc6ccccc6c45)c4ccccc34)n2)Cc2ccccc21. The van der Waals surface area contributed by atoms with Crippen molar-refractivity contribution in [3.8, 4) is 45.0 Å². The van der Waals surface area contributed by atoms with E-state index < -0.39 is 0 Å². The molecule has 1 atom stereocenters. The molecule has 14 rings (SSSR count). The van der Waals surface area contributed by atoms with E-state index in [1.165, 1.54) is 32.7 Å². The molecule has 0 saturated carbocycles. The topological polar surface area (TPSA) is 65.0 Å². The van der Waals surface area contributed by atoms with Gasteiger partial charge in [0.2, 0.25) is 0 Å². The predicted molar refractivity (Wildman–Crippen MR) is 271 cm³/mol. The summed E-state index contributed by atoms with van der Waals surface area (Å²) in [6, 6.07) is 68.6. The van der Waals surface area contributed by atoms with Gasteiger partial charge in [0.25, 0.3) is 0 Å². The van der Waals surface area contributed by atoms with Gasteiger partial charge in [-0.2, -0.15) is 0 Å². The lowest BCUT2D eigenvalue weighted by molar-refractivity contribution is 0.668. The molecule has 0 saturated heterocycles. The number of rotatable bonds is 5. The van der Waals surface area contributed by atoms with E-state index in [1.54, 1.807) is 0 Å². The van der Waals surface area contributed by atoms with Crippen LogP contribution in [0.25, 0.3) is 127 Å². The van der Waals surface area contributed by atoms with Crippen LogP contribution >= 0.6 is 0 Å². The molecule has 308 valence electrons. The van der Waals surface area contributed by atoms with Crippen LogP contribution < -0.4 is 0 Å². The fourth-order valence-corrected chi connectivity index (χ4v) is 10.5. The number of para-hydroxylation sites is 2. The van der Waals surface area contributed by atoms with Gasteiger partial charge in [0.1, 0.15) is 28.2 Å². The highest BCUT2D eigenvalue weighted by atomic mass is 16.3. The molecule has 3 heterocycles. The van der Waals surface area contributed by atoms with Crippen molar-refractivity contribution >= 4 is 82.3 Å². The maximum absolute atomic E-state index is 6.88. The van der Waals surface area contributed by atoms with Gasteiger partial charge < -0.3 is 8.83 Å². The third-order valence-corrected chi connectivity index (χ3v) is 13.7. The summed E-state index contributed by atoms with van der Waals surface area (Å²) in [7, 11) is 0. The van der Waals surface area contributed by atoms with Gasteiger partial charge >= 0.3 is 0 Å². The highest BCUT2D eigenvalue weighted by Gasteiger charge is 2.25. The second-order valence-electron chi connectivity index (χ2n) is 17.4. The summed E-state index contributed by atoms with van der Waals surface area (Å²) in [6.45, 7) is 0. The maximum Gasteiger partial charge on any atom is 0.164 e. The van der Waals surface area contributed by atoms with E-state index in [9.17, 15) is 0 Å². The van der Waals surface area contributed by atoms with E-state index in [0.717, 1.165) is 100 Å². The third-order valence-electron chi connectivity index (χ3n) is 13.7. The third kappa shape index (κ3) is 5.70. The van der Waals surface area contributed by atoms with Gasteiger partial charge in [0, 0.05) is 44.2 Å². The molecule has 0 fully saturated rings. The van der Waals surface area contributed by atoms with Crippen molar-refractivity contribution < 1.29 is 8.83 Å². The molecule has 1 unspecified atom stereocenters. The van der Waals surface area contributed by atoms with Crippen molar-refractivity contribution in [2.24, 2.45) is 0 Å². The Balaban J connectivity index is 0.969. The Labute approximate surface area is 379 Å². The van der Waals surface area contributed by atoms with Gasteiger partial charge in [-0.3, -0.25) is 0 Å². The highest BCUT2D eigenvalue weighted by molar-refractivity contribution is 6.22. The number of allylic oxidation sites excluding steroid dienone is 1. The fraction of sp³-hybridized carbons (Fsp3) is 0.0328. The molecule has 5 heteroatoms. The lowest BCUT2D eigenvalue weighted by Crippen LogP contribution is -2.12. The summed E-state index contributed by atoms with van der Waals surface area (Å²) in [4.78, 5) is 16.0. The van der Waals surface area contributed by atoms with Crippen LogP contribution in [0.5, 0.6) is 0 Å². The van der Waals surface area contributed by atoms with Crippen LogP contribution in [-0.2, 0) is 6.42 Å². The lowest BCUT2D eigenvalue weighted by Gasteiger charge is -2.20. The number of furan rings is 2. The second-order valence-corrected chi connectivity index (χ2v) is 17.4. The molecule has 5 nitrogen and oxygen atoms in total. The first-order chi connectivity index (χ1) is 32.7. The summed E-state index contributed by atoms with van der Waals surface area (Å²) < 4.78 is 13.2. The highest BCUT2D eigenvalue weighted by Crippen LogP contribution is 2.47. The fourth-order valence-electron chi connectivity index (χ4n) is 10.5. The van der Waals surface area contributed by atoms with Crippen molar-refractivity contribution in [3.63, 3.8) is 0 Å². The zero-order valence-corrected chi connectivity index (χ0v) is 35.6. The first-order valence-corrected chi connectivity index (χ1v) is 22.5. The van der Waals surface area contributed by atoms with Crippen molar-refractivity contribution in [1.29, 1.82) is 0 Å². The Morgan fingerprint density at radius 1 is 0.394 bits per heavy atom. The Hall–Kier alpha value is -8.67. The summed E-state index contributed by atoms with van der Waals surface area (Å²) in [6.07, 6.45) is 5.27. The van der Waals surface area contributed by atoms with Gasteiger partial charge in [0.05, 0.1) is 0 Å². The maximum atomic E-state index is 6.88. The van der Waals surface area contributed by atoms with Crippen LogP contribution in [0.15, 0.2) is 209 Å². The van der Waals surface area contributed by atoms with Crippen LogP contribution in [0.4, 0.5) is 0 Å². The van der Waals surface area contributed by atoms with E-state index in [-0.39, 0.29) is 5.92 Å². The first-order valence-electron chi connectivity index (χ1n) is 22.5. The van der Waals surface area contributed by atoms with Gasteiger partial charge in [-0.15, -0.1) is 0 Å². The molecule has 0 amide bonds. The molecule has 0 radical (unpaired) electrons. The van der Waals surface area contributed by atoms with E-state index in [1.807, 2.05) is 24.3 Å². The minimum Gasteiger partial charge on any atom is -0.456 e. The Morgan fingerprint density at radius 2 is 1.00 bits per heavy atom. The number of hydrogen-bond donors (Lipinski definition) is 0. The number of nitrogens with zero attached hydrogens (tertiary/aromatic N) is 3. The van der Waals surface area contributed by atoms with Crippen LogP contribution in [0.3, 0.4) is 0 Å². The molecular weight excluding hydrogens is 807 g/mol. The monoisotopic (exact) mass is 843 g/mol. The largest absolute Gasteiger partial charge is 0.456 e. The zero-order valence-electron chi connectivity index (χ0n) is 35.6. The van der Waals surface area contributed by atoms with Crippen molar-refractivity contribution in [1.82, 2.24) is 15.0 Å². The van der Waals surface area contributed by atoms with E-state index in [0.29, 0.717) is 11.6 Å². The molecule has 10 aromatic carbocycles. The predicted octanol–water partition coefficient (Wildman–Crippen LogP) is 16.2. The average molecular weight is 844 g/mol. The van der Waals surface area contributed by atoms with Crippen LogP contribution in [0.1, 0.15) is 22.9 Å². The molecule has 13 aromatic rings. The standard InChI is InChI=1S/C61H37N3O2/c1-2-14-39-34-40(28-24-36(39)12-1)59-62-60(41-29-27-38-26-25-37-13-3-4-15-42(37)52(38)35-41)64-61(63-59)49-33-30-45(43-16-5-6-17-44(43)49)47-31-32-48(58-57(47)51-19-8-10-22-54(51)66-58)46-20-11-23-55-56(46)50-18-7-9-21-53(50)65-55/h1-33,35,40H,34H2. The molecule has 0 aliphatic heterocycles. The molecule has 0 N–H and O–H groups in total. The van der Waals surface area contributed by atoms with E-state index in [4.69, 9.17) is 23.8 Å². The van der Waals surface area contributed by atoms with E-state index in [2.05, 4.69) is 182 Å². The van der Waals surface area contributed by atoms with Gasteiger partial charge in [-0.1, -0.05) is 170 Å². The Morgan fingerprint density at radius 3 is 1.86 bits per heavy atom. The Kier molecular flexibility index (Phi) is 8.04. The summed E-state index contributed by atoms with van der Waals surface area (Å²) in [5.74, 6) is 2.05. The molecular formula is C61H37N3O2. The van der Waals surface area contributed by atoms with Crippen molar-refractivity contribution in [3.05, 3.63) is 217 Å². The summed E-state index contributed by atoms with van der Waals surface area (Å²) >= 11 is 0. The molecule has 66 heavy (non-hydrogen) atoms. The smallest absolute Gasteiger partial charge is 0.164 e. The minimum atomic E-state index is -0.0146. The van der Waals surface area contributed by atoms with E-state index >= 15 is 0 Å². The number of fused-ring (bicyclic) bond motifs is 11. The number of hydrogen-bond acceptors (Lipinski definition) is 5. The van der Waals surface area contributed by atoms with Gasteiger partial charge in [-0.25, -0.2) is 15.0 Å². The molecule has 0 bridgehead atoms.